The quantitative estimate of drug-likeness (QED) is 0.920. The second kappa shape index (κ2) is 6.22. The summed E-state index contributed by atoms with van der Waals surface area (Å²) in [6.45, 7) is 9.24. The van der Waals surface area contributed by atoms with Gasteiger partial charge in [0.1, 0.15) is 6.54 Å². The Morgan fingerprint density at radius 1 is 1.40 bits per heavy atom. The maximum Gasteiger partial charge on any atom is 0.239 e. The molecule has 0 aromatic carbocycles. The van der Waals surface area contributed by atoms with E-state index < -0.39 is 0 Å². The molecule has 4 nitrogen and oxygen atoms in total. The first-order chi connectivity index (χ1) is 9.52. The molecule has 1 amide bonds. The third-order valence-corrected chi connectivity index (χ3v) is 4.12. The van der Waals surface area contributed by atoms with E-state index in [0.717, 1.165) is 40.6 Å². The highest BCUT2D eigenvalue weighted by Gasteiger charge is 2.14. The highest BCUT2D eigenvalue weighted by molar-refractivity contribution is 7.09. The van der Waals surface area contributed by atoms with Crippen LogP contribution in [0.25, 0.3) is 11.3 Å². The van der Waals surface area contributed by atoms with Gasteiger partial charge >= 0.3 is 0 Å². The van der Waals surface area contributed by atoms with Gasteiger partial charge in [0.05, 0.1) is 10.7 Å². The molecule has 0 bridgehead atoms. The van der Waals surface area contributed by atoms with Gasteiger partial charge in [-0.25, -0.2) is 4.98 Å². The van der Waals surface area contributed by atoms with Crippen LogP contribution in [-0.4, -0.2) is 22.0 Å². The summed E-state index contributed by atoms with van der Waals surface area (Å²) in [5.74, 6) is 0.0645. The monoisotopic (exact) mass is 291 g/mol. The van der Waals surface area contributed by atoms with Crippen molar-refractivity contribution in [3.8, 4) is 11.3 Å². The Hall–Kier alpha value is -1.62. The Kier molecular flexibility index (Phi) is 4.60. The molecule has 0 atom stereocenters. The van der Waals surface area contributed by atoms with Crippen molar-refractivity contribution in [1.29, 1.82) is 0 Å². The third kappa shape index (κ3) is 3.10. The Morgan fingerprint density at radius 2 is 2.15 bits per heavy atom. The molecule has 5 heteroatoms. The number of amides is 1. The second-order valence-corrected chi connectivity index (χ2v) is 6.03. The molecular weight excluding hydrogens is 270 g/mol. The summed E-state index contributed by atoms with van der Waals surface area (Å²) in [5, 5.41) is 6.04. The molecule has 0 aliphatic heterocycles. The average Bonchev–Trinajstić information content (AvgIpc) is 2.95. The van der Waals surface area contributed by atoms with Gasteiger partial charge in [0, 0.05) is 28.9 Å². The minimum absolute atomic E-state index is 0.0645. The van der Waals surface area contributed by atoms with E-state index in [9.17, 15) is 4.79 Å². The Balaban J connectivity index is 2.23. The SMILES string of the molecule is CCCNC(=O)Cn1c(C)cc(-c2csc(C)n2)c1C. The molecule has 0 radical (unpaired) electrons. The fraction of sp³-hybridized carbons (Fsp3) is 0.467. The average molecular weight is 291 g/mol. The number of carbonyl (C=O) groups excluding carboxylic acids is 1. The zero-order valence-corrected chi connectivity index (χ0v) is 13.3. The predicted molar refractivity (Wildman–Crippen MR) is 83.1 cm³/mol. The summed E-state index contributed by atoms with van der Waals surface area (Å²) < 4.78 is 2.05. The van der Waals surface area contributed by atoms with Crippen molar-refractivity contribution in [3.05, 3.63) is 27.8 Å². The van der Waals surface area contributed by atoms with Crippen LogP contribution < -0.4 is 5.32 Å². The van der Waals surface area contributed by atoms with Gasteiger partial charge in [0.25, 0.3) is 0 Å². The number of nitrogens with zero attached hydrogens (tertiary/aromatic N) is 2. The van der Waals surface area contributed by atoms with Crippen molar-refractivity contribution in [2.75, 3.05) is 6.54 Å². The summed E-state index contributed by atoms with van der Waals surface area (Å²) >= 11 is 1.65. The molecule has 0 saturated heterocycles. The summed E-state index contributed by atoms with van der Waals surface area (Å²) in [4.78, 5) is 16.4. The summed E-state index contributed by atoms with van der Waals surface area (Å²) in [6, 6.07) is 2.11. The lowest BCUT2D eigenvalue weighted by Gasteiger charge is -2.09. The van der Waals surface area contributed by atoms with Crippen molar-refractivity contribution in [3.63, 3.8) is 0 Å². The van der Waals surface area contributed by atoms with Crippen LogP contribution in [0.2, 0.25) is 0 Å². The van der Waals surface area contributed by atoms with Crippen molar-refractivity contribution in [2.24, 2.45) is 0 Å². The van der Waals surface area contributed by atoms with Crippen LogP contribution in [0.5, 0.6) is 0 Å². The number of rotatable bonds is 5. The normalized spacial score (nSPS) is 10.8. The van der Waals surface area contributed by atoms with E-state index in [-0.39, 0.29) is 5.91 Å². The van der Waals surface area contributed by atoms with Gasteiger partial charge in [-0.2, -0.15) is 0 Å². The summed E-state index contributed by atoms with van der Waals surface area (Å²) in [6.07, 6.45) is 0.957. The minimum atomic E-state index is 0.0645. The van der Waals surface area contributed by atoms with Gasteiger partial charge in [-0.15, -0.1) is 11.3 Å². The molecule has 1 N–H and O–H groups in total. The number of aryl methyl sites for hydroxylation is 2. The lowest BCUT2D eigenvalue weighted by atomic mass is 10.2. The fourth-order valence-corrected chi connectivity index (χ4v) is 2.87. The van der Waals surface area contributed by atoms with Crippen LogP contribution in [0.15, 0.2) is 11.4 Å². The van der Waals surface area contributed by atoms with E-state index in [4.69, 9.17) is 0 Å². The largest absolute Gasteiger partial charge is 0.355 e. The molecular formula is C15H21N3OS. The molecule has 0 fully saturated rings. The summed E-state index contributed by atoms with van der Waals surface area (Å²) in [7, 11) is 0. The van der Waals surface area contributed by atoms with Gasteiger partial charge in [0.15, 0.2) is 0 Å². The fourth-order valence-electron chi connectivity index (χ4n) is 2.25. The molecule has 108 valence electrons. The lowest BCUT2D eigenvalue weighted by molar-refractivity contribution is -0.121. The number of hydrogen-bond donors (Lipinski definition) is 1. The van der Waals surface area contributed by atoms with Gasteiger partial charge < -0.3 is 9.88 Å². The van der Waals surface area contributed by atoms with E-state index in [2.05, 4.69) is 33.2 Å². The van der Waals surface area contributed by atoms with E-state index >= 15 is 0 Å². The van der Waals surface area contributed by atoms with Gasteiger partial charge in [-0.05, 0) is 33.3 Å². The molecule has 20 heavy (non-hydrogen) atoms. The van der Waals surface area contributed by atoms with Crippen molar-refractivity contribution >= 4 is 17.2 Å². The molecule has 2 rings (SSSR count). The zero-order chi connectivity index (χ0) is 14.7. The standard InChI is InChI=1S/C15H21N3OS/c1-5-6-16-15(19)8-18-10(2)7-13(11(18)3)14-9-20-12(4)17-14/h7,9H,5-6,8H2,1-4H3,(H,16,19). The van der Waals surface area contributed by atoms with Crippen LogP contribution in [-0.2, 0) is 11.3 Å². The minimum Gasteiger partial charge on any atom is -0.355 e. The molecule has 0 aliphatic rings. The van der Waals surface area contributed by atoms with Crippen LogP contribution in [0.1, 0.15) is 29.7 Å². The van der Waals surface area contributed by atoms with Crippen LogP contribution in [0.4, 0.5) is 0 Å². The van der Waals surface area contributed by atoms with Crippen LogP contribution in [0.3, 0.4) is 0 Å². The first kappa shape index (κ1) is 14.8. The maximum atomic E-state index is 11.9. The molecule has 2 heterocycles. The molecule has 0 aliphatic carbocycles. The molecule has 2 aromatic rings. The highest BCUT2D eigenvalue weighted by Crippen LogP contribution is 2.27. The summed E-state index contributed by atoms with van der Waals surface area (Å²) in [5.41, 5.74) is 4.31. The third-order valence-electron chi connectivity index (χ3n) is 3.34. The molecule has 0 saturated carbocycles. The highest BCUT2D eigenvalue weighted by atomic mass is 32.1. The smallest absolute Gasteiger partial charge is 0.239 e. The van der Waals surface area contributed by atoms with Crippen LogP contribution in [0, 0.1) is 20.8 Å². The topological polar surface area (TPSA) is 46.9 Å². The van der Waals surface area contributed by atoms with Crippen molar-refractivity contribution < 1.29 is 4.79 Å². The molecule has 0 spiro atoms. The Morgan fingerprint density at radius 3 is 2.75 bits per heavy atom. The van der Waals surface area contributed by atoms with Gasteiger partial charge in [-0.3, -0.25) is 4.79 Å². The Bertz CT molecular complexity index is 613. The number of aromatic nitrogens is 2. The van der Waals surface area contributed by atoms with Gasteiger partial charge in [0.2, 0.25) is 5.91 Å². The predicted octanol–water partition coefficient (Wildman–Crippen LogP) is 3.06. The number of thiazole rings is 1. The van der Waals surface area contributed by atoms with Crippen LogP contribution >= 0.6 is 11.3 Å². The van der Waals surface area contributed by atoms with Crippen molar-refractivity contribution in [1.82, 2.24) is 14.9 Å². The first-order valence-electron chi connectivity index (χ1n) is 6.88. The molecule has 0 unspecified atom stereocenters. The number of hydrogen-bond acceptors (Lipinski definition) is 3. The number of carbonyl (C=O) groups is 1. The second-order valence-electron chi connectivity index (χ2n) is 4.97. The van der Waals surface area contributed by atoms with E-state index in [0.29, 0.717) is 6.54 Å². The number of nitrogens with one attached hydrogen (secondary N) is 1. The van der Waals surface area contributed by atoms with Crippen molar-refractivity contribution in [2.45, 2.75) is 40.7 Å². The van der Waals surface area contributed by atoms with E-state index in [1.165, 1.54) is 0 Å². The van der Waals surface area contributed by atoms with E-state index in [1.807, 2.05) is 20.8 Å². The first-order valence-corrected chi connectivity index (χ1v) is 7.76. The van der Waals surface area contributed by atoms with E-state index in [1.54, 1.807) is 11.3 Å². The lowest BCUT2D eigenvalue weighted by Crippen LogP contribution is -2.28. The maximum absolute atomic E-state index is 11.9. The Labute approximate surface area is 123 Å². The van der Waals surface area contributed by atoms with Gasteiger partial charge in [-0.1, -0.05) is 6.92 Å². The molecule has 2 aromatic heterocycles. The zero-order valence-electron chi connectivity index (χ0n) is 12.5.